The number of rotatable bonds is 6. The Hall–Kier alpha value is -2.62. The molecule has 33 heavy (non-hydrogen) atoms. The smallest absolute Gasteiger partial charge is 0.408 e. The van der Waals surface area contributed by atoms with Crippen molar-refractivity contribution in [2.45, 2.75) is 36.6 Å². The molecule has 0 spiro atoms. The second kappa shape index (κ2) is 8.62. The zero-order valence-corrected chi connectivity index (χ0v) is 19.5. The highest BCUT2D eigenvalue weighted by atomic mass is 35.5. The van der Waals surface area contributed by atoms with E-state index in [1.165, 1.54) is 18.2 Å². The van der Waals surface area contributed by atoms with Crippen LogP contribution < -0.4 is 5.76 Å². The summed E-state index contributed by atoms with van der Waals surface area (Å²) in [4.78, 5) is 27.2. The van der Waals surface area contributed by atoms with Crippen LogP contribution in [0.15, 0.2) is 56.6 Å². The average molecular weight is 490 g/mol. The van der Waals surface area contributed by atoms with Crippen LogP contribution in [0.4, 0.5) is 0 Å². The van der Waals surface area contributed by atoms with Crippen molar-refractivity contribution in [3.05, 3.63) is 63.6 Å². The molecule has 1 amide bonds. The van der Waals surface area contributed by atoms with Gasteiger partial charge in [0.25, 0.3) is 15.9 Å². The maximum atomic E-state index is 12.7. The number of oxazole rings is 1. The van der Waals surface area contributed by atoms with Crippen LogP contribution >= 0.6 is 11.6 Å². The third kappa shape index (κ3) is 3.98. The van der Waals surface area contributed by atoms with Crippen LogP contribution in [0.2, 0.25) is 5.02 Å². The molecular formula is C23H24ClN3O5S. The van der Waals surface area contributed by atoms with E-state index in [0.717, 1.165) is 48.7 Å². The maximum Gasteiger partial charge on any atom is 0.420 e. The monoisotopic (exact) mass is 489 g/mol. The molecule has 3 aromatic rings. The van der Waals surface area contributed by atoms with E-state index in [2.05, 4.69) is 4.90 Å². The molecule has 0 radical (unpaired) electrons. The lowest BCUT2D eigenvalue weighted by Gasteiger charge is -2.32. The Balaban J connectivity index is 1.13. The number of benzene rings is 2. The van der Waals surface area contributed by atoms with Crippen LogP contribution in [-0.2, 0) is 10.0 Å². The van der Waals surface area contributed by atoms with Gasteiger partial charge < -0.3 is 9.32 Å². The molecule has 1 saturated heterocycles. The Bertz CT molecular complexity index is 1370. The van der Waals surface area contributed by atoms with Gasteiger partial charge in [0.2, 0.25) is 0 Å². The molecule has 0 N–H and O–H groups in total. The fraction of sp³-hybridized carbons (Fsp3) is 0.391. The van der Waals surface area contributed by atoms with Crippen LogP contribution in [0.1, 0.15) is 42.1 Å². The number of carbonyl (C=O) groups is 1. The summed E-state index contributed by atoms with van der Waals surface area (Å²) in [5, 5.41) is 0.293. The number of halogens is 1. The van der Waals surface area contributed by atoms with Crippen LogP contribution in [0, 0.1) is 0 Å². The molecule has 0 saturated carbocycles. The van der Waals surface area contributed by atoms with Crippen molar-refractivity contribution in [1.82, 2.24) is 13.8 Å². The van der Waals surface area contributed by atoms with Gasteiger partial charge in [-0.05, 0) is 62.6 Å². The summed E-state index contributed by atoms with van der Waals surface area (Å²) in [7, 11) is -3.83. The number of unbranched alkanes of at least 4 members (excludes halogenated alkanes) is 1. The molecule has 0 aliphatic carbocycles. The van der Waals surface area contributed by atoms with E-state index in [0.29, 0.717) is 17.0 Å². The predicted molar refractivity (Wildman–Crippen MR) is 124 cm³/mol. The predicted octanol–water partition coefficient (Wildman–Crippen LogP) is 3.51. The number of hydrogen-bond acceptors (Lipinski definition) is 6. The van der Waals surface area contributed by atoms with Gasteiger partial charge >= 0.3 is 5.76 Å². The van der Waals surface area contributed by atoms with E-state index < -0.39 is 15.9 Å². The highest BCUT2D eigenvalue weighted by Crippen LogP contribution is 2.32. The lowest BCUT2D eigenvalue weighted by atomic mass is 10.0. The van der Waals surface area contributed by atoms with Crippen molar-refractivity contribution in [2.24, 2.45) is 0 Å². The third-order valence-electron chi connectivity index (χ3n) is 6.50. The van der Waals surface area contributed by atoms with Crippen LogP contribution in [-0.4, -0.2) is 54.3 Å². The van der Waals surface area contributed by atoms with Crippen molar-refractivity contribution in [1.29, 1.82) is 0 Å². The van der Waals surface area contributed by atoms with Gasteiger partial charge in [-0.25, -0.2) is 17.5 Å². The molecule has 2 aliphatic heterocycles. The number of fused-ring (bicyclic) bond motifs is 2. The molecule has 2 aliphatic rings. The molecule has 0 atom stereocenters. The number of amides is 1. The lowest BCUT2D eigenvalue weighted by molar-refractivity contribution is 0.0868. The van der Waals surface area contributed by atoms with E-state index in [4.69, 9.17) is 16.0 Å². The zero-order valence-electron chi connectivity index (χ0n) is 17.9. The zero-order chi connectivity index (χ0) is 23.2. The van der Waals surface area contributed by atoms with Crippen molar-refractivity contribution in [3.8, 4) is 0 Å². The summed E-state index contributed by atoms with van der Waals surface area (Å²) in [6.45, 7) is 2.66. The second-order valence-corrected chi connectivity index (χ2v) is 10.8. The van der Waals surface area contributed by atoms with Gasteiger partial charge in [0.1, 0.15) is 4.90 Å². The average Bonchev–Trinajstić information content (AvgIpc) is 3.22. The van der Waals surface area contributed by atoms with E-state index in [1.54, 1.807) is 10.6 Å². The summed E-state index contributed by atoms with van der Waals surface area (Å²) in [6, 6.07) is 11.9. The van der Waals surface area contributed by atoms with Gasteiger partial charge in [0, 0.05) is 30.7 Å². The largest absolute Gasteiger partial charge is 0.420 e. The Kier molecular flexibility index (Phi) is 5.80. The number of likely N-dealkylation sites (tertiary alicyclic amines) is 1. The number of sulfonamides is 1. The van der Waals surface area contributed by atoms with E-state index in [-0.39, 0.29) is 28.8 Å². The third-order valence-corrected chi connectivity index (χ3v) is 8.55. The fourth-order valence-electron chi connectivity index (χ4n) is 4.79. The molecule has 0 bridgehead atoms. The molecular weight excluding hydrogens is 466 g/mol. The Morgan fingerprint density at radius 2 is 1.73 bits per heavy atom. The van der Waals surface area contributed by atoms with E-state index in [9.17, 15) is 18.0 Å². The van der Waals surface area contributed by atoms with E-state index >= 15 is 0 Å². The molecule has 5 rings (SSSR count). The Labute approximate surface area is 196 Å². The van der Waals surface area contributed by atoms with Gasteiger partial charge in [-0.3, -0.25) is 9.36 Å². The first-order chi connectivity index (χ1) is 15.9. The van der Waals surface area contributed by atoms with Crippen LogP contribution in [0.5, 0.6) is 0 Å². The standard InChI is InChI=1S/C23H24ClN3O5S/c24-16-7-8-18-21(15-16)33(30,31)26(22(18)28)12-4-3-11-25-13-9-17(10-14-25)27-19-5-1-2-6-20(19)32-23(27)29/h1-2,5-8,15,17H,3-4,9-14H2. The van der Waals surface area contributed by atoms with Gasteiger partial charge in [0.15, 0.2) is 5.58 Å². The molecule has 2 aromatic carbocycles. The Morgan fingerprint density at radius 1 is 1.00 bits per heavy atom. The minimum Gasteiger partial charge on any atom is -0.408 e. The molecule has 174 valence electrons. The van der Waals surface area contributed by atoms with Gasteiger partial charge in [-0.2, -0.15) is 0 Å². The highest BCUT2D eigenvalue weighted by Gasteiger charge is 2.40. The first-order valence-corrected chi connectivity index (χ1v) is 12.9. The van der Waals surface area contributed by atoms with E-state index in [1.807, 2.05) is 18.2 Å². The Morgan fingerprint density at radius 3 is 2.52 bits per heavy atom. The summed E-state index contributed by atoms with van der Waals surface area (Å²) in [6.07, 6.45) is 3.05. The summed E-state index contributed by atoms with van der Waals surface area (Å²) >= 11 is 5.92. The minimum absolute atomic E-state index is 0.0101. The normalized spacial score (nSPS) is 18.8. The van der Waals surface area contributed by atoms with Crippen molar-refractivity contribution in [3.63, 3.8) is 0 Å². The van der Waals surface area contributed by atoms with Crippen molar-refractivity contribution >= 4 is 38.6 Å². The second-order valence-electron chi connectivity index (χ2n) is 8.51. The summed E-state index contributed by atoms with van der Waals surface area (Å²) in [5.74, 6) is -0.798. The van der Waals surface area contributed by atoms with Crippen molar-refractivity contribution < 1.29 is 17.6 Å². The molecule has 1 aromatic heterocycles. The van der Waals surface area contributed by atoms with Crippen LogP contribution in [0.25, 0.3) is 11.1 Å². The first-order valence-electron chi connectivity index (χ1n) is 11.1. The number of piperidine rings is 1. The van der Waals surface area contributed by atoms with Gasteiger partial charge in [0.05, 0.1) is 11.1 Å². The molecule has 3 heterocycles. The van der Waals surface area contributed by atoms with Crippen LogP contribution in [0.3, 0.4) is 0 Å². The molecule has 0 unspecified atom stereocenters. The lowest BCUT2D eigenvalue weighted by Crippen LogP contribution is -2.37. The molecule has 10 heteroatoms. The quantitative estimate of drug-likeness (QED) is 0.492. The minimum atomic E-state index is -3.83. The molecule has 8 nitrogen and oxygen atoms in total. The van der Waals surface area contributed by atoms with Crippen molar-refractivity contribution in [2.75, 3.05) is 26.2 Å². The number of carbonyl (C=O) groups excluding carboxylic acids is 1. The SMILES string of the molecule is O=C1c2ccc(Cl)cc2S(=O)(=O)N1CCCCN1CCC(n2c(=O)oc3ccccc32)CC1. The van der Waals surface area contributed by atoms with Gasteiger partial charge in [-0.15, -0.1) is 0 Å². The fourth-order valence-corrected chi connectivity index (χ4v) is 6.66. The number of aromatic nitrogens is 1. The number of hydrogen-bond donors (Lipinski definition) is 0. The topological polar surface area (TPSA) is 92.8 Å². The first kappa shape index (κ1) is 22.2. The number of nitrogens with zero attached hydrogens (tertiary/aromatic N) is 3. The number of para-hydroxylation sites is 2. The van der Waals surface area contributed by atoms with Gasteiger partial charge in [-0.1, -0.05) is 23.7 Å². The molecule has 1 fully saturated rings. The summed E-state index contributed by atoms with van der Waals surface area (Å²) < 4.78 is 33.5. The highest BCUT2D eigenvalue weighted by molar-refractivity contribution is 7.90. The maximum absolute atomic E-state index is 12.7. The summed E-state index contributed by atoms with van der Waals surface area (Å²) in [5.41, 5.74) is 1.63.